The van der Waals surface area contributed by atoms with Crippen molar-refractivity contribution in [3.05, 3.63) is 66.0 Å². The minimum atomic E-state index is -0.415. The van der Waals surface area contributed by atoms with Gasteiger partial charge in [0, 0.05) is 12.7 Å². The number of hydrogen-bond acceptors (Lipinski definition) is 6. The first kappa shape index (κ1) is 17.6. The van der Waals surface area contributed by atoms with Crippen molar-refractivity contribution in [1.82, 2.24) is 19.7 Å². The maximum Gasteiger partial charge on any atom is 0.338 e. The molecule has 2 heterocycles. The third-order valence-corrected chi connectivity index (χ3v) is 3.75. The van der Waals surface area contributed by atoms with Gasteiger partial charge in [0.1, 0.15) is 17.3 Å². The second-order valence-electron chi connectivity index (χ2n) is 5.71. The molecule has 0 aliphatic heterocycles. The van der Waals surface area contributed by atoms with Crippen molar-refractivity contribution in [3.63, 3.8) is 0 Å². The normalized spacial score (nSPS) is 10.5. The molecule has 3 aromatic rings. The monoisotopic (exact) mass is 352 g/mol. The Bertz CT molecular complexity index is 860. The Morgan fingerprint density at radius 1 is 1.12 bits per heavy atom. The third kappa shape index (κ3) is 4.24. The zero-order chi connectivity index (χ0) is 18.4. The van der Waals surface area contributed by atoms with Crippen molar-refractivity contribution in [3.8, 4) is 11.5 Å². The summed E-state index contributed by atoms with van der Waals surface area (Å²) in [6.45, 7) is 4.85. The number of hydrogen-bond donors (Lipinski definition) is 0. The van der Waals surface area contributed by atoms with Crippen LogP contribution in [0.3, 0.4) is 0 Å². The molecule has 0 saturated carbocycles. The van der Waals surface area contributed by atoms with Gasteiger partial charge in [0.15, 0.2) is 12.4 Å². The number of rotatable bonds is 7. The van der Waals surface area contributed by atoms with E-state index in [1.807, 2.05) is 17.6 Å². The van der Waals surface area contributed by atoms with Gasteiger partial charge in [-0.1, -0.05) is 6.92 Å². The van der Waals surface area contributed by atoms with Crippen LogP contribution in [0.5, 0.6) is 11.5 Å². The van der Waals surface area contributed by atoms with Crippen LogP contribution in [0.2, 0.25) is 0 Å². The van der Waals surface area contributed by atoms with E-state index in [-0.39, 0.29) is 6.61 Å². The molecule has 0 aliphatic carbocycles. The smallest absolute Gasteiger partial charge is 0.338 e. The maximum atomic E-state index is 12.2. The van der Waals surface area contributed by atoms with Crippen molar-refractivity contribution < 1.29 is 14.3 Å². The van der Waals surface area contributed by atoms with Gasteiger partial charge < -0.3 is 14.0 Å². The molecule has 0 N–H and O–H groups in total. The van der Waals surface area contributed by atoms with Gasteiger partial charge in [-0.3, -0.25) is 4.98 Å². The van der Waals surface area contributed by atoms with E-state index in [9.17, 15) is 4.79 Å². The first-order valence-corrected chi connectivity index (χ1v) is 8.41. The van der Waals surface area contributed by atoms with E-state index in [0.29, 0.717) is 22.9 Å². The predicted molar refractivity (Wildman–Crippen MR) is 94.9 cm³/mol. The molecule has 2 aromatic heterocycles. The molecule has 1 aromatic carbocycles. The van der Waals surface area contributed by atoms with Gasteiger partial charge in [-0.05, 0) is 49.7 Å². The first-order valence-electron chi connectivity index (χ1n) is 8.41. The van der Waals surface area contributed by atoms with Crippen LogP contribution in [-0.2, 0) is 17.9 Å². The molecule has 0 spiro atoms. The highest BCUT2D eigenvalue weighted by Gasteiger charge is 2.12. The highest BCUT2D eigenvalue weighted by molar-refractivity contribution is 5.89. The van der Waals surface area contributed by atoms with Crippen LogP contribution >= 0.6 is 0 Å². The van der Waals surface area contributed by atoms with Gasteiger partial charge in [0.05, 0.1) is 11.8 Å². The lowest BCUT2D eigenvalue weighted by Gasteiger charge is -2.09. The van der Waals surface area contributed by atoms with E-state index in [1.54, 1.807) is 42.7 Å². The van der Waals surface area contributed by atoms with E-state index in [1.165, 1.54) is 0 Å². The Morgan fingerprint density at radius 2 is 1.92 bits per heavy atom. The average molecular weight is 352 g/mol. The second kappa shape index (κ2) is 8.24. The highest BCUT2D eigenvalue weighted by atomic mass is 16.5. The lowest BCUT2D eigenvalue weighted by Crippen LogP contribution is -2.11. The van der Waals surface area contributed by atoms with Gasteiger partial charge in [-0.25, -0.2) is 4.79 Å². The summed E-state index contributed by atoms with van der Waals surface area (Å²) in [5.74, 6) is 2.30. The summed E-state index contributed by atoms with van der Waals surface area (Å²) in [5, 5.41) is 8.11. The van der Waals surface area contributed by atoms with E-state index in [0.717, 1.165) is 18.8 Å². The average Bonchev–Trinajstić information content (AvgIpc) is 3.01. The van der Waals surface area contributed by atoms with Crippen molar-refractivity contribution in [2.24, 2.45) is 0 Å². The zero-order valence-electron chi connectivity index (χ0n) is 14.8. The Hall–Kier alpha value is -3.22. The summed E-state index contributed by atoms with van der Waals surface area (Å²) in [6.07, 6.45) is 4.25. The van der Waals surface area contributed by atoms with Crippen molar-refractivity contribution in [2.75, 3.05) is 0 Å². The molecule has 0 unspecified atom stereocenters. The third-order valence-electron chi connectivity index (χ3n) is 3.75. The van der Waals surface area contributed by atoms with Crippen LogP contribution in [-0.4, -0.2) is 25.7 Å². The van der Waals surface area contributed by atoms with E-state index >= 15 is 0 Å². The van der Waals surface area contributed by atoms with Crippen LogP contribution < -0.4 is 4.74 Å². The van der Waals surface area contributed by atoms with Gasteiger partial charge >= 0.3 is 5.97 Å². The maximum absolute atomic E-state index is 12.2. The summed E-state index contributed by atoms with van der Waals surface area (Å²) >= 11 is 0. The van der Waals surface area contributed by atoms with Crippen LogP contribution in [0.1, 0.15) is 35.4 Å². The van der Waals surface area contributed by atoms with Gasteiger partial charge in [0.25, 0.3) is 0 Å². The standard InChI is InChI=1S/C19H20N4O3/c1-3-11-23-14(2)21-22-18(23)13-25-19(24)15-6-8-16(9-7-15)26-17-5-4-10-20-12-17/h4-10,12H,3,11,13H2,1-2H3. The van der Waals surface area contributed by atoms with E-state index in [4.69, 9.17) is 9.47 Å². The molecule has 0 bridgehead atoms. The lowest BCUT2D eigenvalue weighted by molar-refractivity contribution is 0.0457. The number of benzene rings is 1. The van der Waals surface area contributed by atoms with Crippen molar-refractivity contribution in [1.29, 1.82) is 0 Å². The molecule has 0 saturated heterocycles. The predicted octanol–water partition coefficient (Wildman–Crippen LogP) is 3.54. The number of pyridine rings is 1. The molecular formula is C19H20N4O3. The molecule has 0 atom stereocenters. The largest absolute Gasteiger partial charge is 0.456 e. The molecule has 3 rings (SSSR count). The lowest BCUT2D eigenvalue weighted by atomic mass is 10.2. The quantitative estimate of drug-likeness (QED) is 0.605. The van der Waals surface area contributed by atoms with Gasteiger partial charge in [0.2, 0.25) is 0 Å². The molecule has 0 amide bonds. The number of carbonyl (C=O) groups excluding carboxylic acids is 1. The Morgan fingerprint density at radius 3 is 2.62 bits per heavy atom. The van der Waals surface area contributed by atoms with Gasteiger partial charge in [-0.2, -0.15) is 0 Å². The van der Waals surface area contributed by atoms with E-state index < -0.39 is 5.97 Å². The number of ether oxygens (including phenoxy) is 2. The summed E-state index contributed by atoms with van der Waals surface area (Å²) in [7, 11) is 0. The van der Waals surface area contributed by atoms with Crippen LogP contribution in [0.15, 0.2) is 48.8 Å². The molecule has 26 heavy (non-hydrogen) atoms. The minimum absolute atomic E-state index is 0.0909. The summed E-state index contributed by atoms with van der Waals surface area (Å²) in [5.41, 5.74) is 0.446. The van der Waals surface area contributed by atoms with Gasteiger partial charge in [-0.15, -0.1) is 10.2 Å². The number of aryl methyl sites for hydroxylation is 1. The molecule has 7 nitrogen and oxygen atoms in total. The Balaban J connectivity index is 1.60. The SMILES string of the molecule is CCCn1c(C)nnc1COC(=O)c1ccc(Oc2cccnc2)cc1. The molecule has 0 radical (unpaired) electrons. The number of esters is 1. The fraction of sp³-hybridized carbons (Fsp3) is 0.263. The number of nitrogens with zero attached hydrogens (tertiary/aromatic N) is 4. The molecule has 134 valence electrons. The van der Waals surface area contributed by atoms with Crippen molar-refractivity contribution in [2.45, 2.75) is 33.4 Å². The van der Waals surface area contributed by atoms with Crippen LogP contribution in [0.25, 0.3) is 0 Å². The van der Waals surface area contributed by atoms with Crippen molar-refractivity contribution >= 4 is 5.97 Å². The highest BCUT2D eigenvalue weighted by Crippen LogP contribution is 2.20. The summed E-state index contributed by atoms with van der Waals surface area (Å²) in [4.78, 5) is 16.2. The molecule has 0 fully saturated rings. The second-order valence-corrected chi connectivity index (χ2v) is 5.71. The molecule has 7 heteroatoms. The fourth-order valence-corrected chi connectivity index (χ4v) is 2.46. The molecular weight excluding hydrogens is 332 g/mol. The fourth-order valence-electron chi connectivity index (χ4n) is 2.46. The zero-order valence-corrected chi connectivity index (χ0v) is 14.8. The minimum Gasteiger partial charge on any atom is -0.456 e. The first-order chi connectivity index (χ1) is 12.7. The summed E-state index contributed by atoms with van der Waals surface area (Å²) in [6, 6.07) is 10.4. The topological polar surface area (TPSA) is 79.1 Å². The number of carbonyl (C=O) groups is 1. The molecule has 0 aliphatic rings. The van der Waals surface area contributed by atoms with Crippen LogP contribution in [0.4, 0.5) is 0 Å². The van der Waals surface area contributed by atoms with E-state index in [2.05, 4.69) is 22.1 Å². The Kier molecular flexibility index (Phi) is 5.58. The van der Waals surface area contributed by atoms with Crippen LogP contribution in [0, 0.1) is 6.92 Å². The number of aromatic nitrogens is 4. The Labute approximate surface area is 151 Å². The summed E-state index contributed by atoms with van der Waals surface area (Å²) < 4.78 is 13.0.